The van der Waals surface area contributed by atoms with E-state index in [1.807, 2.05) is 24.3 Å². The maximum atomic E-state index is 13.3. The van der Waals surface area contributed by atoms with Crippen LogP contribution < -0.4 is 5.32 Å². The minimum absolute atomic E-state index is 0.00272. The van der Waals surface area contributed by atoms with Crippen LogP contribution in [0.5, 0.6) is 0 Å². The molecule has 5 heteroatoms. The number of carbonyl (C=O) groups excluding carboxylic acids is 1. The van der Waals surface area contributed by atoms with Gasteiger partial charge in [0.2, 0.25) is 5.91 Å². The van der Waals surface area contributed by atoms with Gasteiger partial charge < -0.3 is 10.3 Å². The highest BCUT2D eigenvalue weighted by atomic mass is 19.1. The molecule has 0 radical (unpaired) electrons. The summed E-state index contributed by atoms with van der Waals surface area (Å²) in [6.07, 6.45) is 3.61. The van der Waals surface area contributed by atoms with Gasteiger partial charge in [-0.2, -0.15) is 0 Å². The SMILES string of the molecule is O=C(NCc1nc2ccccc2[nH]1)C1(c2ccc(F)cc2)CCCC1. The minimum atomic E-state index is -0.556. The van der Waals surface area contributed by atoms with Crippen molar-refractivity contribution in [1.82, 2.24) is 15.3 Å². The predicted octanol–water partition coefficient (Wildman–Crippen LogP) is 3.83. The standard InChI is InChI=1S/C20H20FN3O/c21-15-9-7-14(8-10-15)20(11-3-4-12-20)19(25)22-13-18-23-16-5-1-2-6-17(16)24-18/h1-2,5-10H,3-4,11-13H2,(H,22,25)(H,23,24). The lowest BCUT2D eigenvalue weighted by atomic mass is 9.78. The molecule has 4 rings (SSSR count). The number of amides is 1. The maximum absolute atomic E-state index is 13.3. The summed E-state index contributed by atoms with van der Waals surface area (Å²) in [4.78, 5) is 20.7. The zero-order chi connectivity index (χ0) is 17.3. The highest BCUT2D eigenvalue weighted by Gasteiger charge is 2.42. The molecule has 0 aliphatic heterocycles. The molecule has 1 amide bonds. The number of rotatable bonds is 4. The number of nitrogens with zero attached hydrogens (tertiary/aromatic N) is 1. The van der Waals surface area contributed by atoms with E-state index in [0.717, 1.165) is 48.1 Å². The third kappa shape index (κ3) is 2.90. The molecule has 1 fully saturated rings. The number of nitrogens with one attached hydrogen (secondary N) is 2. The quantitative estimate of drug-likeness (QED) is 0.760. The van der Waals surface area contributed by atoms with E-state index >= 15 is 0 Å². The molecule has 25 heavy (non-hydrogen) atoms. The third-order valence-electron chi connectivity index (χ3n) is 5.14. The van der Waals surface area contributed by atoms with Gasteiger partial charge in [-0.05, 0) is 42.7 Å². The van der Waals surface area contributed by atoms with Gasteiger partial charge in [0.25, 0.3) is 0 Å². The number of benzene rings is 2. The van der Waals surface area contributed by atoms with Gasteiger partial charge in [0.05, 0.1) is 23.0 Å². The van der Waals surface area contributed by atoms with Gasteiger partial charge in [0.15, 0.2) is 0 Å². The lowest BCUT2D eigenvalue weighted by Gasteiger charge is -2.28. The molecule has 128 valence electrons. The summed E-state index contributed by atoms with van der Waals surface area (Å²) in [5.74, 6) is 0.457. The van der Waals surface area contributed by atoms with E-state index in [-0.39, 0.29) is 11.7 Å². The fourth-order valence-electron chi connectivity index (χ4n) is 3.82. The van der Waals surface area contributed by atoms with Crippen LogP contribution in [0.4, 0.5) is 4.39 Å². The van der Waals surface area contributed by atoms with Gasteiger partial charge in [0.1, 0.15) is 11.6 Å². The summed E-state index contributed by atoms with van der Waals surface area (Å²) in [6.45, 7) is 0.358. The maximum Gasteiger partial charge on any atom is 0.231 e. The van der Waals surface area contributed by atoms with Crippen molar-refractivity contribution in [1.29, 1.82) is 0 Å². The molecule has 0 unspecified atom stereocenters. The van der Waals surface area contributed by atoms with E-state index in [9.17, 15) is 9.18 Å². The number of aromatic amines is 1. The van der Waals surface area contributed by atoms with Crippen LogP contribution in [-0.2, 0) is 16.8 Å². The molecule has 3 aromatic rings. The third-order valence-corrected chi connectivity index (χ3v) is 5.14. The van der Waals surface area contributed by atoms with Crippen LogP contribution in [0.25, 0.3) is 11.0 Å². The second-order valence-electron chi connectivity index (χ2n) is 6.68. The molecule has 1 aliphatic rings. The first-order valence-electron chi connectivity index (χ1n) is 8.65. The molecular weight excluding hydrogens is 317 g/mol. The molecular formula is C20H20FN3O. The first-order valence-corrected chi connectivity index (χ1v) is 8.65. The Bertz CT molecular complexity index is 862. The van der Waals surface area contributed by atoms with Crippen molar-refractivity contribution >= 4 is 16.9 Å². The Morgan fingerprint density at radius 3 is 2.56 bits per heavy atom. The van der Waals surface area contributed by atoms with Crippen LogP contribution in [0.2, 0.25) is 0 Å². The zero-order valence-corrected chi connectivity index (χ0v) is 13.9. The van der Waals surface area contributed by atoms with Crippen LogP contribution in [0.15, 0.2) is 48.5 Å². The predicted molar refractivity (Wildman–Crippen MR) is 94.5 cm³/mol. The number of imidazole rings is 1. The molecule has 1 aliphatic carbocycles. The minimum Gasteiger partial charge on any atom is -0.348 e. The second kappa shape index (κ2) is 6.31. The Kier molecular flexibility index (Phi) is 3.99. The number of H-pyrrole nitrogens is 1. The van der Waals surface area contributed by atoms with E-state index in [2.05, 4.69) is 15.3 Å². The summed E-state index contributed by atoms with van der Waals surface area (Å²) >= 11 is 0. The number of hydrogen-bond acceptors (Lipinski definition) is 2. The Hall–Kier alpha value is -2.69. The molecule has 2 N–H and O–H groups in total. The Morgan fingerprint density at radius 2 is 1.84 bits per heavy atom. The van der Waals surface area contributed by atoms with Crippen molar-refractivity contribution < 1.29 is 9.18 Å². The molecule has 1 saturated carbocycles. The Morgan fingerprint density at radius 1 is 1.12 bits per heavy atom. The summed E-state index contributed by atoms with van der Waals surface area (Å²) in [7, 11) is 0. The average molecular weight is 337 g/mol. The number of halogens is 1. The normalized spacial score (nSPS) is 16.2. The largest absolute Gasteiger partial charge is 0.348 e. The highest BCUT2D eigenvalue weighted by Crippen LogP contribution is 2.41. The summed E-state index contributed by atoms with van der Waals surface area (Å²) in [6, 6.07) is 14.1. The fourth-order valence-corrected chi connectivity index (χ4v) is 3.82. The lowest BCUT2D eigenvalue weighted by molar-refractivity contribution is -0.126. The molecule has 0 atom stereocenters. The first-order chi connectivity index (χ1) is 12.2. The molecule has 2 aromatic carbocycles. The molecule has 4 nitrogen and oxygen atoms in total. The second-order valence-corrected chi connectivity index (χ2v) is 6.68. The van der Waals surface area contributed by atoms with Crippen molar-refractivity contribution in [3.05, 3.63) is 65.7 Å². The summed E-state index contributed by atoms with van der Waals surface area (Å²) < 4.78 is 13.3. The van der Waals surface area contributed by atoms with Gasteiger partial charge in [0, 0.05) is 0 Å². The topological polar surface area (TPSA) is 57.8 Å². The van der Waals surface area contributed by atoms with Crippen molar-refractivity contribution in [3.8, 4) is 0 Å². The molecule has 1 aromatic heterocycles. The van der Waals surface area contributed by atoms with E-state index in [1.165, 1.54) is 12.1 Å². The van der Waals surface area contributed by atoms with Gasteiger partial charge >= 0.3 is 0 Å². The van der Waals surface area contributed by atoms with Crippen LogP contribution in [0.1, 0.15) is 37.1 Å². The summed E-state index contributed by atoms with van der Waals surface area (Å²) in [5, 5.41) is 3.03. The lowest BCUT2D eigenvalue weighted by Crippen LogP contribution is -2.42. The average Bonchev–Trinajstić information content (AvgIpc) is 3.27. The van der Waals surface area contributed by atoms with E-state index in [4.69, 9.17) is 0 Å². The van der Waals surface area contributed by atoms with Crippen LogP contribution >= 0.6 is 0 Å². The molecule has 1 heterocycles. The van der Waals surface area contributed by atoms with E-state index in [0.29, 0.717) is 6.54 Å². The van der Waals surface area contributed by atoms with Gasteiger partial charge in [-0.25, -0.2) is 9.37 Å². The molecule has 0 saturated heterocycles. The molecule has 0 bridgehead atoms. The number of hydrogen-bond donors (Lipinski definition) is 2. The van der Waals surface area contributed by atoms with Crippen molar-refractivity contribution in [2.75, 3.05) is 0 Å². The van der Waals surface area contributed by atoms with Gasteiger partial charge in [-0.3, -0.25) is 4.79 Å². The van der Waals surface area contributed by atoms with Gasteiger partial charge in [-0.15, -0.1) is 0 Å². The number of aromatic nitrogens is 2. The number of carbonyl (C=O) groups is 1. The Balaban J connectivity index is 1.54. The first kappa shape index (κ1) is 15.8. The van der Waals surface area contributed by atoms with E-state index in [1.54, 1.807) is 12.1 Å². The summed E-state index contributed by atoms with van der Waals surface area (Å²) in [5.41, 5.74) is 2.19. The van der Waals surface area contributed by atoms with Crippen molar-refractivity contribution in [3.63, 3.8) is 0 Å². The van der Waals surface area contributed by atoms with Gasteiger partial charge in [-0.1, -0.05) is 37.1 Å². The monoisotopic (exact) mass is 337 g/mol. The smallest absolute Gasteiger partial charge is 0.231 e. The fraction of sp³-hybridized carbons (Fsp3) is 0.300. The van der Waals surface area contributed by atoms with Crippen molar-refractivity contribution in [2.24, 2.45) is 0 Å². The van der Waals surface area contributed by atoms with Crippen molar-refractivity contribution in [2.45, 2.75) is 37.6 Å². The van der Waals surface area contributed by atoms with Crippen LogP contribution in [0, 0.1) is 5.82 Å². The molecule has 0 spiro atoms. The number of para-hydroxylation sites is 2. The van der Waals surface area contributed by atoms with E-state index < -0.39 is 5.41 Å². The zero-order valence-electron chi connectivity index (χ0n) is 13.9. The van der Waals surface area contributed by atoms with Crippen LogP contribution in [0.3, 0.4) is 0 Å². The Labute approximate surface area is 145 Å². The number of fused-ring (bicyclic) bond motifs is 1. The highest BCUT2D eigenvalue weighted by molar-refractivity contribution is 5.88. The van der Waals surface area contributed by atoms with Crippen LogP contribution in [-0.4, -0.2) is 15.9 Å².